The van der Waals surface area contributed by atoms with Crippen LogP contribution in [0.4, 0.5) is 15.8 Å². The van der Waals surface area contributed by atoms with Crippen LogP contribution in [0.3, 0.4) is 0 Å². The second-order valence-electron chi connectivity index (χ2n) is 4.34. The average molecular weight is 323 g/mol. The van der Waals surface area contributed by atoms with Gasteiger partial charge in [-0.05, 0) is 55.0 Å². The standard InChI is InChI=1S/C15H16BrFN2/c1-2-19(14-6-3-12(17)4-7-14)10-11-9-13(18)5-8-15(11)16/h3-9H,2,10,18H2,1H3. The van der Waals surface area contributed by atoms with Crippen molar-refractivity contribution in [3.63, 3.8) is 0 Å². The molecule has 0 aromatic heterocycles. The molecule has 19 heavy (non-hydrogen) atoms. The molecule has 0 aliphatic rings. The molecule has 0 saturated carbocycles. The number of nitrogens with zero attached hydrogens (tertiary/aromatic N) is 1. The number of hydrogen-bond donors (Lipinski definition) is 1. The maximum Gasteiger partial charge on any atom is 0.123 e. The molecule has 0 aliphatic heterocycles. The van der Waals surface area contributed by atoms with Crippen LogP contribution in [0, 0.1) is 5.82 Å². The first kappa shape index (κ1) is 13.9. The van der Waals surface area contributed by atoms with E-state index in [1.165, 1.54) is 12.1 Å². The van der Waals surface area contributed by atoms with Crippen molar-refractivity contribution in [1.82, 2.24) is 0 Å². The summed E-state index contributed by atoms with van der Waals surface area (Å²) in [5.74, 6) is -0.218. The fourth-order valence-corrected chi connectivity index (χ4v) is 2.33. The molecular weight excluding hydrogens is 307 g/mol. The molecule has 0 radical (unpaired) electrons. The molecule has 0 unspecified atom stereocenters. The summed E-state index contributed by atoms with van der Waals surface area (Å²) in [5, 5.41) is 0. The second kappa shape index (κ2) is 6.06. The number of nitrogens with two attached hydrogens (primary N) is 1. The largest absolute Gasteiger partial charge is 0.399 e. The van der Waals surface area contributed by atoms with Crippen LogP contribution in [-0.2, 0) is 6.54 Å². The molecule has 0 aliphatic carbocycles. The van der Waals surface area contributed by atoms with Gasteiger partial charge in [-0.15, -0.1) is 0 Å². The smallest absolute Gasteiger partial charge is 0.123 e. The fraction of sp³-hybridized carbons (Fsp3) is 0.200. The van der Waals surface area contributed by atoms with Gasteiger partial charge in [-0.25, -0.2) is 4.39 Å². The third kappa shape index (κ3) is 3.47. The second-order valence-corrected chi connectivity index (χ2v) is 5.20. The van der Waals surface area contributed by atoms with Gasteiger partial charge in [-0.2, -0.15) is 0 Å². The molecule has 0 atom stereocenters. The molecule has 4 heteroatoms. The van der Waals surface area contributed by atoms with Crippen molar-refractivity contribution in [2.45, 2.75) is 13.5 Å². The summed E-state index contributed by atoms with van der Waals surface area (Å²) < 4.78 is 14.0. The summed E-state index contributed by atoms with van der Waals surface area (Å²) in [6.45, 7) is 3.64. The van der Waals surface area contributed by atoms with Crippen LogP contribution in [0.5, 0.6) is 0 Å². The summed E-state index contributed by atoms with van der Waals surface area (Å²) in [7, 11) is 0. The Bertz CT molecular complexity index is 555. The van der Waals surface area contributed by atoms with Gasteiger partial charge >= 0.3 is 0 Å². The van der Waals surface area contributed by atoms with Crippen LogP contribution in [0.1, 0.15) is 12.5 Å². The van der Waals surface area contributed by atoms with Gasteiger partial charge in [0.25, 0.3) is 0 Å². The lowest BCUT2D eigenvalue weighted by atomic mass is 10.1. The molecule has 2 aromatic rings. The molecule has 0 spiro atoms. The first-order valence-corrected chi connectivity index (χ1v) is 6.94. The van der Waals surface area contributed by atoms with Gasteiger partial charge in [0.1, 0.15) is 5.82 Å². The Balaban J connectivity index is 2.23. The van der Waals surface area contributed by atoms with E-state index in [4.69, 9.17) is 5.73 Å². The van der Waals surface area contributed by atoms with Crippen LogP contribution in [0.25, 0.3) is 0 Å². The van der Waals surface area contributed by atoms with Crippen LogP contribution < -0.4 is 10.6 Å². The zero-order chi connectivity index (χ0) is 13.8. The highest BCUT2D eigenvalue weighted by Gasteiger charge is 2.08. The normalized spacial score (nSPS) is 10.5. The SMILES string of the molecule is CCN(Cc1cc(N)ccc1Br)c1ccc(F)cc1. The Kier molecular flexibility index (Phi) is 4.43. The van der Waals surface area contributed by atoms with E-state index in [2.05, 4.69) is 27.8 Å². The van der Waals surface area contributed by atoms with E-state index in [0.717, 1.165) is 34.5 Å². The van der Waals surface area contributed by atoms with Crippen LogP contribution in [0.15, 0.2) is 46.9 Å². The zero-order valence-electron chi connectivity index (χ0n) is 10.7. The van der Waals surface area contributed by atoms with Crippen LogP contribution in [-0.4, -0.2) is 6.54 Å². The molecule has 2 rings (SSSR count). The van der Waals surface area contributed by atoms with Gasteiger partial charge in [0.05, 0.1) is 0 Å². The monoisotopic (exact) mass is 322 g/mol. The predicted molar refractivity (Wildman–Crippen MR) is 81.7 cm³/mol. The summed E-state index contributed by atoms with van der Waals surface area (Å²) in [6.07, 6.45) is 0. The quantitative estimate of drug-likeness (QED) is 0.855. The Labute approximate surface area is 121 Å². The zero-order valence-corrected chi connectivity index (χ0v) is 12.3. The molecular formula is C15H16BrFN2. The minimum absolute atomic E-state index is 0.218. The highest BCUT2D eigenvalue weighted by molar-refractivity contribution is 9.10. The lowest BCUT2D eigenvalue weighted by Gasteiger charge is -2.24. The van der Waals surface area contributed by atoms with Crippen molar-refractivity contribution in [2.75, 3.05) is 17.2 Å². The van der Waals surface area contributed by atoms with Crippen molar-refractivity contribution in [1.29, 1.82) is 0 Å². The highest BCUT2D eigenvalue weighted by Crippen LogP contribution is 2.24. The van der Waals surface area contributed by atoms with E-state index in [0.29, 0.717) is 0 Å². The van der Waals surface area contributed by atoms with Crippen LogP contribution >= 0.6 is 15.9 Å². The fourth-order valence-electron chi connectivity index (χ4n) is 1.96. The van der Waals surface area contributed by atoms with Crippen molar-refractivity contribution in [2.24, 2.45) is 0 Å². The first-order chi connectivity index (χ1) is 9.10. The van der Waals surface area contributed by atoms with Crippen molar-refractivity contribution in [3.8, 4) is 0 Å². The predicted octanol–water partition coefficient (Wildman–Crippen LogP) is 4.20. The minimum Gasteiger partial charge on any atom is -0.399 e. The molecule has 100 valence electrons. The molecule has 0 fully saturated rings. The van der Waals surface area contributed by atoms with E-state index in [1.807, 2.05) is 18.2 Å². The third-order valence-electron chi connectivity index (χ3n) is 3.00. The summed E-state index contributed by atoms with van der Waals surface area (Å²) in [6, 6.07) is 12.3. The number of hydrogen-bond acceptors (Lipinski definition) is 2. The molecule has 0 heterocycles. The number of benzene rings is 2. The Morgan fingerprint density at radius 3 is 2.47 bits per heavy atom. The summed E-state index contributed by atoms with van der Waals surface area (Å²) in [5.41, 5.74) is 8.67. The molecule has 0 saturated heterocycles. The molecule has 2 N–H and O–H groups in total. The Morgan fingerprint density at radius 1 is 1.16 bits per heavy atom. The highest BCUT2D eigenvalue weighted by atomic mass is 79.9. The average Bonchev–Trinajstić information content (AvgIpc) is 2.41. The number of halogens is 2. The van der Waals surface area contributed by atoms with E-state index >= 15 is 0 Å². The number of rotatable bonds is 4. The van der Waals surface area contributed by atoms with Gasteiger partial charge in [0.2, 0.25) is 0 Å². The van der Waals surface area contributed by atoms with Crippen LogP contribution in [0.2, 0.25) is 0 Å². The van der Waals surface area contributed by atoms with E-state index in [1.54, 1.807) is 12.1 Å². The van der Waals surface area contributed by atoms with Gasteiger partial charge in [0.15, 0.2) is 0 Å². The Hall–Kier alpha value is -1.55. The molecule has 2 aromatic carbocycles. The first-order valence-electron chi connectivity index (χ1n) is 6.14. The number of nitrogen functional groups attached to an aromatic ring is 1. The lowest BCUT2D eigenvalue weighted by molar-refractivity contribution is 0.627. The maximum atomic E-state index is 13.0. The summed E-state index contributed by atoms with van der Waals surface area (Å²) >= 11 is 3.53. The topological polar surface area (TPSA) is 29.3 Å². The minimum atomic E-state index is -0.218. The van der Waals surface area contributed by atoms with Gasteiger partial charge in [-0.3, -0.25) is 0 Å². The van der Waals surface area contributed by atoms with E-state index < -0.39 is 0 Å². The Morgan fingerprint density at radius 2 is 1.84 bits per heavy atom. The number of anilines is 2. The molecule has 2 nitrogen and oxygen atoms in total. The van der Waals surface area contributed by atoms with Crippen molar-refractivity contribution >= 4 is 27.3 Å². The maximum absolute atomic E-state index is 13.0. The molecule has 0 amide bonds. The third-order valence-corrected chi connectivity index (χ3v) is 3.78. The molecule has 0 bridgehead atoms. The van der Waals surface area contributed by atoms with Gasteiger partial charge in [-0.1, -0.05) is 15.9 Å². The summed E-state index contributed by atoms with van der Waals surface area (Å²) in [4.78, 5) is 2.17. The lowest BCUT2D eigenvalue weighted by Crippen LogP contribution is -2.22. The van der Waals surface area contributed by atoms with Crippen molar-refractivity contribution in [3.05, 3.63) is 58.3 Å². The van der Waals surface area contributed by atoms with E-state index in [-0.39, 0.29) is 5.82 Å². The van der Waals surface area contributed by atoms with Gasteiger partial charge in [0, 0.05) is 28.9 Å². The van der Waals surface area contributed by atoms with Crippen molar-refractivity contribution < 1.29 is 4.39 Å². The van der Waals surface area contributed by atoms with Gasteiger partial charge < -0.3 is 10.6 Å². The van der Waals surface area contributed by atoms with E-state index in [9.17, 15) is 4.39 Å².